The van der Waals surface area contributed by atoms with Crippen molar-refractivity contribution in [1.82, 2.24) is 10.2 Å². The number of benzene rings is 3. The second kappa shape index (κ2) is 13.0. The zero-order chi connectivity index (χ0) is 26.8. The van der Waals surface area contributed by atoms with Gasteiger partial charge in [-0.2, -0.15) is 0 Å². The highest BCUT2D eigenvalue weighted by Gasteiger charge is 2.33. The number of sulfonamides is 1. The molecule has 3 aromatic carbocycles. The van der Waals surface area contributed by atoms with Gasteiger partial charge in [-0.1, -0.05) is 74.0 Å². The maximum Gasteiger partial charge on any atom is 0.264 e. The number of halogens is 1. The molecule has 3 rings (SSSR count). The van der Waals surface area contributed by atoms with Crippen molar-refractivity contribution in [2.75, 3.05) is 17.4 Å². The Labute approximate surface area is 218 Å². The van der Waals surface area contributed by atoms with Crippen LogP contribution in [0.3, 0.4) is 0 Å². The number of para-hydroxylation sites is 1. The topological polar surface area (TPSA) is 86.8 Å². The fourth-order valence-electron chi connectivity index (χ4n) is 3.79. The predicted molar refractivity (Wildman–Crippen MR) is 142 cm³/mol. The highest BCUT2D eigenvalue weighted by molar-refractivity contribution is 7.92. The van der Waals surface area contributed by atoms with E-state index in [4.69, 9.17) is 0 Å². The van der Waals surface area contributed by atoms with Crippen LogP contribution >= 0.6 is 0 Å². The van der Waals surface area contributed by atoms with Gasteiger partial charge in [-0.05, 0) is 43.2 Å². The van der Waals surface area contributed by atoms with E-state index in [0.29, 0.717) is 6.54 Å². The molecule has 2 amide bonds. The largest absolute Gasteiger partial charge is 0.354 e. The normalized spacial score (nSPS) is 12.0. The Kier molecular flexibility index (Phi) is 9.79. The average Bonchev–Trinajstić information content (AvgIpc) is 2.91. The molecule has 1 unspecified atom stereocenters. The first kappa shape index (κ1) is 27.9. The fraction of sp³-hybridized carbons (Fsp3) is 0.286. The van der Waals surface area contributed by atoms with Crippen LogP contribution in [0.5, 0.6) is 0 Å². The van der Waals surface area contributed by atoms with Gasteiger partial charge in [-0.15, -0.1) is 0 Å². The van der Waals surface area contributed by atoms with Crippen LogP contribution in [0.4, 0.5) is 10.1 Å². The molecule has 1 atom stereocenters. The molecule has 0 bridgehead atoms. The van der Waals surface area contributed by atoms with Crippen LogP contribution < -0.4 is 9.62 Å². The van der Waals surface area contributed by atoms with E-state index in [1.165, 1.54) is 35.2 Å². The molecule has 0 aliphatic carbocycles. The molecule has 0 saturated heterocycles. The number of carbonyl (C=O) groups excluding carboxylic acids is 2. The lowest BCUT2D eigenvalue weighted by atomic mass is 10.1. The lowest BCUT2D eigenvalue weighted by molar-refractivity contribution is -0.139. The zero-order valence-corrected chi connectivity index (χ0v) is 21.8. The summed E-state index contributed by atoms with van der Waals surface area (Å²) < 4.78 is 42.8. The van der Waals surface area contributed by atoms with E-state index in [1.54, 1.807) is 25.1 Å². The summed E-state index contributed by atoms with van der Waals surface area (Å²) in [5, 5.41) is 2.83. The SMILES string of the molecule is CCCCNC(=O)C(C)N(Cc1ccccc1)C(=O)CN(c1ccccc1F)S(=O)(=O)c1ccccc1. The van der Waals surface area contributed by atoms with E-state index in [1.807, 2.05) is 37.3 Å². The van der Waals surface area contributed by atoms with Gasteiger partial charge in [-0.25, -0.2) is 12.8 Å². The highest BCUT2D eigenvalue weighted by atomic mass is 32.2. The smallest absolute Gasteiger partial charge is 0.264 e. The summed E-state index contributed by atoms with van der Waals surface area (Å²) in [6.07, 6.45) is 1.69. The van der Waals surface area contributed by atoms with Crippen LogP contribution in [-0.4, -0.2) is 44.3 Å². The summed E-state index contributed by atoms with van der Waals surface area (Å²) in [6.45, 7) is 3.47. The Morgan fingerprint density at radius 1 is 0.919 bits per heavy atom. The molecule has 0 aromatic heterocycles. The fourth-order valence-corrected chi connectivity index (χ4v) is 5.23. The molecule has 37 heavy (non-hydrogen) atoms. The minimum absolute atomic E-state index is 0.0778. The molecular formula is C28H32FN3O4S. The molecule has 1 N–H and O–H groups in total. The van der Waals surface area contributed by atoms with Gasteiger partial charge in [0.2, 0.25) is 11.8 Å². The van der Waals surface area contributed by atoms with Crippen LogP contribution in [-0.2, 0) is 26.2 Å². The second-order valence-corrected chi connectivity index (χ2v) is 10.5. The third-order valence-corrected chi connectivity index (χ3v) is 7.70. The van der Waals surface area contributed by atoms with Crippen LogP contribution in [0, 0.1) is 5.82 Å². The number of nitrogens with one attached hydrogen (secondary N) is 1. The summed E-state index contributed by atoms with van der Waals surface area (Å²) in [7, 11) is -4.30. The van der Waals surface area contributed by atoms with Crippen molar-refractivity contribution in [2.45, 2.75) is 44.2 Å². The third kappa shape index (κ3) is 7.16. The number of anilines is 1. The van der Waals surface area contributed by atoms with Crippen molar-refractivity contribution >= 4 is 27.5 Å². The average molecular weight is 526 g/mol. The van der Waals surface area contributed by atoms with E-state index in [9.17, 15) is 22.4 Å². The Bertz CT molecular complexity index is 1290. The first-order chi connectivity index (χ1) is 17.8. The maximum atomic E-state index is 14.8. The summed E-state index contributed by atoms with van der Waals surface area (Å²) in [6, 6.07) is 21.2. The van der Waals surface area contributed by atoms with Gasteiger partial charge in [0.1, 0.15) is 18.4 Å². The maximum absolute atomic E-state index is 14.8. The van der Waals surface area contributed by atoms with Gasteiger partial charge in [0, 0.05) is 13.1 Å². The van der Waals surface area contributed by atoms with Crippen molar-refractivity contribution in [1.29, 1.82) is 0 Å². The summed E-state index contributed by atoms with van der Waals surface area (Å²) in [4.78, 5) is 27.8. The number of carbonyl (C=O) groups is 2. The van der Waals surface area contributed by atoms with Crippen molar-refractivity contribution in [3.63, 3.8) is 0 Å². The second-order valence-electron chi connectivity index (χ2n) is 8.60. The summed E-state index contributed by atoms with van der Waals surface area (Å²) in [5.41, 5.74) is 0.520. The van der Waals surface area contributed by atoms with Crippen molar-refractivity contribution in [3.8, 4) is 0 Å². The summed E-state index contributed by atoms with van der Waals surface area (Å²) in [5.74, 6) is -1.76. The number of hydrogen-bond acceptors (Lipinski definition) is 4. The Hall–Kier alpha value is -3.72. The van der Waals surface area contributed by atoms with Crippen LogP contribution in [0.1, 0.15) is 32.3 Å². The van der Waals surface area contributed by atoms with Gasteiger partial charge < -0.3 is 10.2 Å². The molecule has 0 heterocycles. The minimum atomic E-state index is -4.30. The number of hydrogen-bond donors (Lipinski definition) is 1. The zero-order valence-electron chi connectivity index (χ0n) is 21.0. The van der Waals surface area contributed by atoms with Crippen molar-refractivity contribution in [3.05, 3.63) is 96.3 Å². The van der Waals surface area contributed by atoms with Crippen LogP contribution in [0.15, 0.2) is 89.8 Å². The molecule has 0 fully saturated rings. The molecule has 9 heteroatoms. The van der Waals surface area contributed by atoms with Gasteiger partial charge >= 0.3 is 0 Å². The van der Waals surface area contributed by atoms with E-state index in [-0.39, 0.29) is 23.0 Å². The van der Waals surface area contributed by atoms with Crippen molar-refractivity contribution in [2.24, 2.45) is 0 Å². The van der Waals surface area contributed by atoms with Gasteiger partial charge in [-0.3, -0.25) is 13.9 Å². The Balaban J connectivity index is 1.98. The molecule has 3 aromatic rings. The number of nitrogens with zero attached hydrogens (tertiary/aromatic N) is 2. The predicted octanol–water partition coefficient (Wildman–Crippen LogP) is 4.35. The van der Waals surface area contributed by atoms with Crippen LogP contribution in [0.2, 0.25) is 0 Å². The quantitative estimate of drug-likeness (QED) is 0.356. The first-order valence-corrected chi connectivity index (χ1v) is 13.6. The number of rotatable bonds is 12. The monoisotopic (exact) mass is 525 g/mol. The van der Waals surface area contributed by atoms with Gasteiger partial charge in [0.15, 0.2) is 0 Å². The lowest BCUT2D eigenvalue weighted by Gasteiger charge is -2.32. The molecule has 0 aliphatic rings. The molecule has 0 aliphatic heterocycles. The summed E-state index contributed by atoms with van der Waals surface area (Å²) >= 11 is 0. The first-order valence-electron chi connectivity index (χ1n) is 12.2. The highest BCUT2D eigenvalue weighted by Crippen LogP contribution is 2.26. The standard InChI is InChI=1S/C28H32FN3O4S/c1-3-4-19-30-28(34)22(2)31(20-23-13-7-5-8-14-23)27(33)21-32(26-18-12-11-17-25(26)29)37(35,36)24-15-9-6-10-16-24/h5-18,22H,3-4,19-21H2,1-2H3,(H,30,34). The number of amides is 2. The molecular weight excluding hydrogens is 493 g/mol. The van der Waals surface area contributed by atoms with E-state index < -0.39 is 34.3 Å². The van der Waals surface area contributed by atoms with E-state index in [2.05, 4.69) is 5.32 Å². The van der Waals surface area contributed by atoms with E-state index in [0.717, 1.165) is 28.8 Å². The lowest BCUT2D eigenvalue weighted by Crippen LogP contribution is -2.51. The number of unbranched alkanes of at least 4 members (excludes halogenated alkanes) is 1. The van der Waals surface area contributed by atoms with E-state index >= 15 is 0 Å². The van der Waals surface area contributed by atoms with Gasteiger partial charge in [0.05, 0.1) is 10.6 Å². The third-order valence-electron chi connectivity index (χ3n) is 5.92. The molecule has 0 spiro atoms. The Morgan fingerprint density at radius 3 is 2.14 bits per heavy atom. The minimum Gasteiger partial charge on any atom is -0.354 e. The van der Waals surface area contributed by atoms with Gasteiger partial charge in [0.25, 0.3) is 10.0 Å². The van der Waals surface area contributed by atoms with Crippen molar-refractivity contribution < 1.29 is 22.4 Å². The molecule has 196 valence electrons. The van der Waals surface area contributed by atoms with Crippen LogP contribution in [0.25, 0.3) is 0 Å². The Morgan fingerprint density at radius 2 is 1.51 bits per heavy atom. The molecule has 7 nitrogen and oxygen atoms in total. The molecule has 0 saturated carbocycles. The molecule has 0 radical (unpaired) electrons.